The number of unbranched alkanes of at least 4 members (excludes halogenated alkanes) is 1. The molecule has 4 amide bonds. The van der Waals surface area contributed by atoms with Crippen molar-refractivity contribution in [3.05, 3.63) is 29.3 Å². The van der Waals surface area contributed by atoms with Crippen LogP contribution in [0.5, 0.6) is 0 Å². The van der Waals surface area contributed by atoms with E-state index in [0.29, 0.717) is 12.0 Å². The Bertz CT molecular complexity index is 1010. The number of nitrogens with two attached hydrogens (primary N) is 1. The van der Waals surface area contributed by atoms with Gasteiger partial charge in [0.05, 0.1) is 0 Å². The lowest BCUT2D eigenvalue weighted by atomic mass is 10.0. The van der Waals surface area contributed by atoms with Gasteiger partial charge in [-0.15, -0.1) is 0 Å². The quantitative estimate of drug-likeness (QED) is 0.283. The van der Waals surface area contributed by atoms with Crippen LogP contribution >= 0.6 is 0 Å². The largest absolute Gasteiger partial charge is 0.490 e. The molecule has 2 heterocycles. The molecule has 0 saturated carbocycles. The third kappa shape index (κ3) is 5.53. The summed E-state index contributed by atoms with van der Waals surface area (Å²) in [5.74, 6) is -5.01. The first-order chi connectivity index (χ1) is 16.0. The Hall–Kier alpha value is -3.48. The minimum atomic E-state index is -5.27. The van der Waals surface area contributed by atoms with Crippen LogP contribution in [0.25, 0.3) is 0 Å². The molecule has 2 unspecified atom stereocenters. The highest BCUT2D eigenvalue weighted by molar-refractivity contribution is 6.07. The predicted octanol–water partition coefficient (Wildman–Crippen LogP) is 0.989. The maximum atomic E-state index is 12.9. The van der Waals surface area contributed by atoms with Gasteiger partial charge < -0.3 is 20.7 Å². The Morgan fingerprint density at radius 1 is 1.24 bits per heavy atom. The monoisotopic (exact) mass is 484 g/mol. The van der Waals surface area contributed by atoms with Crippen LogP contribution in [0.3, 0.4) is 0 Å². The van der Waals surface area contributed by atoms with Crippen molar-refractivity contribution in [1.29, 1.82) is 0 Å². The summed E-state index contributed by atoms with van der Waals surface area (Å²) >= 11 is 0. The molecule has 1 fully saturated rings. The third-order valence-electron chi connectivity index (χ3n) is 5.53. The van der Waals surface area contributed by atoms with Gasteiger partial charge in [-0.3, -0.25) is 24.5 Å². The summed E-state index contributed by atoms with van der Waals surface area (Å²) in [5.41, 5.74) is 6.07. The van der Waals surface area contributed by atoms with Gasteiger partial charge >= 0.3 is 12.1 Å². The van der Waals surface area contributed by atoms with Crippen LogP contribution < -0.4 is 16.4 Å². The number of nitrogens with zero attached hydrogens (tertiary/aromatic N) is 1. The Kier molecular flexibility index (Phi) is 7.54. The number of alkyl halides is 3. The fourth-order valence-corrected chi connectivity index (χ4v) is 3.83. The first-order valence-corrected chi connectivity index (χ1v) is 10.6. The standard InChI is InChI=1S/C21H23F3N4O6/c22-21(23,24)20(33)34-15(6-1-2-9-25)18(31)26-13-5-3-4-11-12(13)10-28(19(11)32)14-7-8-16(29)27-17(14)30/h3-5,14-15H,1-2,6-10,25H2,(H,26,31)(H,27,29,30). The van der Waals surface area contributed by atoms with Crippen LogP contribution in [0.2, 0.25) is 0 Å². The number of ether oxygens (including phenoxy) is 1. The maximum absolute atomic E-state index is 12.9. The zero-order valence-corrected chi connectivity index (χ0v) is 17.9. The Balaban J connectivity index is 1.78. The number of hydrogen-bond acceptors (Lipinski definition) is 7. The van der Waals surface area contributed by atoms with E-state index in [1.165, 1.54) is 23.1 Å². The smallest absolute Gasteiger partial charge is 0.446 e. The molecule has 1 aromatic rings. The average Bonchev–Trinajstić information content (AvgIpc) is 3.09. The van der Waals surface area contributed by atoms with Crippen LogP contribution in [0.1, 0.15) is 48.0 Å². The van der Waals surface area contributed by atoms with Gasteiger partial charge in [-0.25, -0.2) is 4.79 Å². The summed E-state index contributed by atoms with van der Waals surface area (Å²) in [7, 11) is 0. The van der Waals surface area contributed by atoms with Crippen molar-refractivity contribution < 1.29 is 41.9 Å². The van der Waals surface area contributed by atoms with E-state index in [9.17, 15) is 37.1 Å². The summed E-state index contributed by atoms with van der Waals surface area (Å²) in [6, 6.07) is 3.52. The van der Waals surface area contributed by atoms with E-state index in [4.69, 9.17) is 5.73 Å². The van der Waals surface area contributed by atoms with Crippen LogP contribution in [0, 0.1) is 0 Å². The first-order valence-electron chi connectivity index (χ1n) is 10.6. The number of anilines is 1. The highest BCUT2D eigenvalue weighted by Crippen LogP contribution is 2.32. The molecule has 0 bridgehead atoms. The first kappa shape index (κ1) is 25.1. The Morgan fingerprint density at radius 2 is 1.97 bits per heavy atom. The lowest BCUT2D eigenvalue weighted by Crippen LogP contribution is -2.52. The molecule has 4 N–H and O–H groups in total. The minimum Gasteiger partial charge on any atom is -0.446 e. The van der Waals surface area contributed by atoms with Gasteiger partial charge in [0.15, 0.2) is 6.10 Å². The van der Waals surface area contributed by atoms with Crippen LogP contribution in [0.15, 0.2) is 18.2 Å². The summed E-state index contributed by atoms with van der Waals surface area (Å²) in [4.78, 5) is 61.8. The zero-order chi connectivity index (χ0) is 25.0. The number of esters is 1. The average molecular weight is 484 g/mol. The van der Waals surface area contributed by atoms with Gasteiger partial charge in [0.2, 0.25) is 11.8 Å². The van der Waals surface area contributed by atoms with Gasteiger partial charge in [-0.1, -0.05) is 6.07 Å². The molecule has 0 aromatic heterocycles. The van der Waals surface area contributed by atoms with E-state index >= 15 is 0 Å². The van der Waals surface area contributed by atoms with E-state index in [2.05, 4.69) is 15.4 Å². The molecule has 0 spiro atoms. The molecule has 2 atom stereocenters. The topological polar surface area (TPSA) is 148 Å². The van der Waals surface area contributed by atoms with Crippen molar-refractivity contribution in [2.75, 3.05) is 11.9 Å². The second kappa shape index (κ2) is 10.2. The summed E-state index contributed by atoms with van der Waals surface area (Å²) in [6.07, 6.45) is -6.31. The molecular weight excluding hydrogens is 461 g/mol. The predicted molar refractivity (Wildman–Crippen MR) is 110 cm³/mol. The normalized spacial score (nSPS) is 18.9. The minimum absolute atomic E-state index is 0.0585. The number of benzene rings is 1. The lowest BCUT2D eigenvalue weighted by molar-refractivity contribution is -0.205. The lowest BCUT2D eigenvalue weighted by Gasteiger charge is -2.29. The maximum Gasteiger partial charge on any atom is 0.490 e. The SMILES string of the molecule is NCCCCC(OC(=O)C(F)(F)F)C(=O)Nc1cccc2c1CN(C1CCC(=O)NC1=O)C2=O. The van der Waals surface area contributed by atoms with Crippen molar-refractivity contribution in [1.82, 2.24) is 10.2 Å². The molecule has 13 heteroatoms. The number of carbonyl (C=O) groups is 5. The number of halogens is 3. The third-order valence-corrected chi connectivity index (χ3v) is 5.53. The van der Waals surface area contributed by atoms with Crippen LogP contribution in [-0.2, 0) is 30.5 Å². The molecule has 1 saturated heterocycles. The van der Waals surface area contributed by atoms with Crippen molar-refractivity contribution in [3.63, 3.8) is 0 Å². The number of imide groups is 1. The highest BCUT2D eigenvalue weighted by atomic mass is 19.4. The number of nitrogens with one attached hydrogen (secondary N) is 2. The van der Waals surface area contributed by atoms with Gasteiger partial charge in [-0.2, -0.15) is 13.2 Å². The second-order valence-corrected chi connectivity index (χ2v) is 7.90. The van der Waals surface area contributed by atoms with E-state index in [0.717, 1.165) is 0 Å². The zero-order valence-electron chi connectivity index (χ0n) is 17.9. The fraction of sp³-hybridized carbons (Fsp3) is 0.476. The van der Waals surface area contributed by atoms with Gasteiger partial charge in [0.1, 0.15) is 6.04 Å². The van der Waals surface area contributed by atoms with Crippen LogP contribution in [-0.4, -0.2) is 59.4 Å². The molecule has 184 valence electrons. The molecule has 1 aromatic carbocycles. The van der Waals surface area contributed by atoms with Crippen molar-refractivity contribution in [2.45, 2.75) is 57.0 Å². The fourth-order valence-electron chi connectivity index (χ4n) is 3.83. The summed E-state index contributed by atoms with van der Waals surface area (Å²) in [5, 5.41) is 4.62. The number of fused-ring (bicyclic) bond motifs is 1. The number of rotatable bonds is 8. The summed E-state index contributed by atoms with van der Waals surface area (Å²) < 4.78 is 42.4. The number of hydrogen-bond donors (Lipinski definition) is 3. The molecule has 34 heavy (non-hydrogen) atoms. The van der Waals surface area contributed by atoms with E-state index in [1.54, 1.807) is 0 Å². The van der Waals surface area contributed by atoms with Crippen molar-refractivity contribution in [2.24, 2.45) is 5.73 Å². The van der Waals surface area contributed by atoms with E-state index in [1.807, 2.05) is 0 Å². The number of piperidine rings is 1. The molecule has 2 aliphatic rings. The molecular formula is C21H23F3N4O6. The number of carbonyl (C=O) groups excluding carboxylic acids is 5. The van der Waals surface area contributed by atoms with Crippen molar-refractivity contribution in [3.8, 4) is 0 Å². The molecule has 0 aliphatic carbocycles. The Labute approximate surface area is 192 Å². The molecule has 3 rings (SSSR count). The molecule has 10 nitrogen and oxygen atoms in total. The van der Waals surface area contributed by atoms with Crippen LogP contribution in [0.4, 0.5) is 18.9 Å². The van der Waals surface area contributed by atoms with E-state index in [-0.39, 0.29) is 50.0 Å². The Morgan fingerprint density at radius 3 is 2.62 bits per heavy atom. The highest BCUT2D eigenvalue weighted by Gasteiger charge is 2.44. The van der Waals surface area contributed by atoms with Gasteiger partial charge in [-0.05, 0) is 44.4 Å². The molecule has 2 aliphatic heterocycles. The summed E-state index contributed by atoms with van der Waals surface area (Å²) in [6.45, 7) is 0.184. The van der Waals surface area contributed by atoms with E-state index < -0.39 is 47.9 Å². The molecule has 0 radical (unpaired) electrons. The number of amides is 4. The second-order valence-electron chi connectivity index (χ2n) is 7.90. The van der Waals surface area contributed by atoms with Gasteiger partial charge in [0, 0.05) is 29.8 Å². The van der Waals surface area contributed by atoms with Gasteiger partial charge in [0.25, 0.3) is 11.8 Å². The van der Waals surface area contributed by atoms with Crippen molar-refractivity contribution >= 4 is 35.3 Å².